The fraction of sp³-hybridized carbons (Fsp3) is 0.900. The van der Waals surface area contributed by atoms with E-state index in [1.54, 1.807) is 0 Å². The quantitative estimate of drug-likeness (QED) is 0.560. The highest BCUT2D eigenvalue weighted by molar-refractivity contribution is 5.73. The van der Waals surface area contributed by atoms with Crippen molar-refractivity contribution in [3.63, 3.8) is 0 Å². The monoisotopic (exact) mass is 168 g/mol. The number of carbonyl (C=O) groups excluding carboxylic acids is 1. The van der Waals surface area contributed by atoms with Gasteiger partial charge in [-0.2, -0.15) is 0 Å². The first-order valence-electron chi connectivity index (χ1n) is 4.89. The third-order valence-corrected chi connectivity index (χ3v) is 3.48. The first kappa shape index (κ1) is 8.09. The van der Waals surface area contributed by atoms with Crippen LogP contribution >= 0.6 is 0 Å². The molecule has 0 N–H and O–H groups in total. The van der Waals surface area contributed by atoms with Crippen LogP contribution in [0.15, 0.2) is 0 Å². The lowest BCUT2D eigenvalue weighted by Gasteiger charge is -2.19. The van der Waals surface area contributed by atoms with Gasteiger partial charge < -0.3 is 4.74 Å². The zero-order valence-electron chi connectivity index (χ0n) is 7.58. The predicted octanol–water partition coefficient (Wildman–Crippen LogP) is 1.99. The summed E-state index contributed by atoms with van der Waals surface area (Å²) in [7, 11) is 1.50. The van der Waals surface area contributed by atoms with Gasteiger partial charge in [-0.25, -0.2) is 0 Å². The molecule has 12 heavy (non-hydrogen) atoms. The third-order valence-electron chi connectivity index (χ3n) is 3.48. The van der Waals surface area contributed by atoms with Crippen LogP contribution < -0.4 is 0 Å². The molecule has 0 radical (unpaired) electrons. The van der Waals surface area contributed by atoms with Gasteiger partial charge in [0.1, 0.15) is 0 Å². The van der Waals surface area contributed by atoms with Crippen molar-refractivity contribution >= 4 is 5.97 Å². The average molecular weight is 168 g/mol. The Morgan fingerprint density at radius 2 is 2.17 bits per heavy atom. The molecule has 3 atom stereocenters. The summed E-state index contributed by atoms with van der Waals surface area (Å²) < 4.78 is 4.80. The smallest absolute Gasteiger partial charge is 0.308 e. The van der Waals surface area contributed by atoms with Crippen LogP contribution in [0.1, 0.15) is 32.1 Å². The molecule has 0 aromatic rings. The minimum Gasteiger partial charge on any atom is -0.469 e. The molecule has 3 unspecified atom stereocenters. The molecular weight excluding hydrogens is 152 g/mol. The molecule has 0 spiro atoms. The van der Waals surface area contributed by atoms with E-state index in [9.17, 15) is 4.79 Å². The van der Waals surface area contributed by atoms with Crippen molar-refractivity contribution in [2.75, 3.05) is 7.11 Å². The van der Waals surface area contributed by atoms with E-state index in [4.69, 9.17) is 4.74 Å². The van der Waals surface area contributed by atoms with Gasteiger partial charge in [0.05, 0.1) is 13.0 Å². The fourth-order valence-electron chi connectivity index (χ4n) is 2.90. The van der Waals surface area contributed by atoms with Crippen molar-refractivity contribution < 1.29 is 9.53 Å². The third kappa shape index (κ3) is 1.23. The lowest BCUT2D eigenvalue weighted by molar-refractivity contribution is -0.146. The normalized spacial score (nSPS) is 39.6. The van der Waals surface area contributed by atoms with Gasteiger partial charge in [0.15, 0.2) is 0 Å². The summed E-state index contributed by atoms with van der Waals surface area (Å²) in [5.41, 5.74) is 0. The Kier molecular flexibility index (Phi) is 2.07. The van der Waals surface area contributed by atoms with E-state index in [0.717, 1.165) is 12.3 Å². The maximum Gasteiger partial charge on any atom is 0.308 e. The average Bonchev–Trinajstić information content (AvgIpc) is 2.40. The van der Waals surface area contributed by atoms with Crippen LogP contribution in [0.4, 0.5) is 0 Å². The van der Waals surface area contributed by atoms with E-state index < -0.39 is 0 Å². The number of esters is 1. The van der Waals surface area contributed by atoms with Crippen molar-refractivity contribution in [2.45, 2.75) is 32.1 Å². The van der Waals surface area contributed by atoms with E-state index in [1.165, 1.54) is 32.8 Å². The molecule has 0 amide bonds. The second-order valence-corrected chi connectivity index (χ2v) is 4.16. The van der Waals surface area contributed by atoms with Crippen LogP contribution in [0.2, 0.25) is 0 Å². The van der Waals surface area contributed by atoms with Crippen LogP contribution in [0.25, 0.3) is 0 Å². The number of hydrogen-bond donors (Lipinski definition) is 0. The first-order valence-corrected chi connectivity index (χ1v) is 4.89. The first-order chi connectivity index (χ1) is 5.81. The zero-order chi connectivity index (χ0) is 8.55. The van der Waals surface area contributed by atoms with E-state index in [1.807, 2.05) is 0 Å². The Bertz CT molecular complexity index is 188. The number of ether oxygens (including phenoxy) is 1. The summed E-state index contributed by atoms with van der Waals surface area (Å²) in [6.07, 6.45) is 6.28. The molecule has 0 aromatic carbocycles. The van der Waals surface area contributed by atoms with E-state index >= 15 is 0 Å². The van der Waals surface area contributed by atoms with E-state index in [0.29, 0.717) is 5.92 Å². The number of hydrogen-bond acceptors (Lipinski definition) is 2. The molecule has 0 aliphatic heterocycles. The molecule has 2 rings (SSSR count). The molecule has 2 bridgehead atoms. The zero-order valence-corrected chi connectivity index (χ0v) is 7.58. The van der Waals surface area contributed by atoms with Gasteiger partial charge in [0.25, 0.3) is 0 Å². The summed E-state index contributed by atoms with van der Waals surface area (Å²) in [6, 6.07) is 0. The molecular formula is C10H16O2. The van der Waals surface area contributed by atoms with Gasteiger partial charge in [-0.05, 0) is 31.1 Å². The van der Waals surface area contributed by atoms with Gasteiger partial charge in [-0.15, -0.1) is 0 Å². The highest BCUT2D eigenvalue weighted by atomic mass is 16.5. The van der Waals surface area contributed by atoms with Crippen molar-refractivity contribution in [3.8, 4) is 0 Å². The molecule has 0 saturated heterocycles. The predicted molar refractivity (Wildman–Crippen MR) is 45.6 cm³/mol. The fourth-order valence-corrected chi connectivity index (χ4v) is 2.90. The molecule has 0 aromatic heterocycles. The highest BCUT2D eigenvalue weighted by Gasteiger charge is 2.41. The standard InChI is InChI=1S/C10H16O2/c1-12-10(11)9-6-7-3-2-4-8(9)5-7/h7-9H,2-6H2,1H3. The Hall–Kier alpha value is -0.530. The second kappa shape index (κ2) is 3.08. The molecule has 2 heteroatoms. The van der Waals surface area contributed by atoms with Crippen molar-refractivity contribution in [3.05, 3.63) is 0 Å². The summed E-state index contributed by atoms with van der Waals surface area (Å²) in [5, 5.41) is 0. The SMILES string of the molecule is COC(=O)C1CC2CCCC1C2. The molecule has 2 aliphatic rings. The second-order valence-electron chi connectivity index (χ2n) is 4.16. The van der Waals surface area contributed by atoms with E-state index in [2.05, 4.69) is 0 Å². The molecule has 2 nitrogen and oxygen atoms in total. The Labute approximate surface area is 73.3 Å². The van der Waals surface area contributed by atoms with Gasteiger partial charge in [0, 0.05) is 0 Å². The van der Waals surface area contributed by atoms with Crippen LogP contribution in [-0.2, 0) is 9.53 Å². The molecule has 2 aliphatic carbocycles. The van der Waals surface area contributed by atoms with Crippen LogP contribution in [-0.4, -0.2) is 13.1 Å². The summed E-state index contributed by atoms with van der Waals surface area (Å²) >= 11 is 0. The number of rotatable bonds is 1. The molecule has 2 fully saturated rings. The molecule has 2 saturated carbocycles. The van der Waals surface area contributed by atoms with Crippen molar-refractivity contribution in [1.82, 2.24) is 0 Å². The Balaban J connectivity index is 2.04. The maximum absolute atomic E-state index is 11.3. The Morgan fingerprint density at radius 3 is 2.83 bits per heavy atom. The maximum atomic E-state index is 11.3. The van der Waals surface area contributed by atoms with Crippen molar-refractivity contribution in [1.29, 1.82) is 0 Å². The highest BCUT2D eigenvalue weighted by Crippen LogP contribution is 2.46. The Morgan fingerprint density at radius 1 is 1.33 bits per heavy atom. The summed E-state index contributed by atoms with van der Waals surface area (Å²) in [6.45, 7) is 0. The summed E-state index contributed by atoms with van der Waals surface area (Å²) in [5.74, 6) is 1.75. The van der Waals surface area contributed by atoms with Crippen molar-refractivity contribution in [2.24, 2.45) is 17.8 Å². The molecule has 68 valence electrons. The lowest BCUT2D eigenvalue weighted by atomic mass is 9.87. The number of fused-ring (bicyclic) bond motifs is 2. The lowest BCUT2D eigenvalue weighted by Crippen LogP contribution is -2.19. The minimum atomic E-state index is 0.0319. The summed E-state index contributed by atoms with van der Waals surface area (Å²) in [4.78, 5) is 11.3. The molecule has 0 heterocycles. The van der Waals surface area contributed by atoms with Gasteiger partial charge >= 0.3 is 5.97 Å². The topological polar surface area (TPSA) is 26.3 Å². The number of carbonyl (C=O) groups is 1. The van der Waals surface area contributed by atoms with Crippen LogP contribution in [0.3, 0.4) is 0 Å². The minimum absolute atomic E-state index is 0.0319. The van der Waals surface area contributed by atoms with Gasteiger partial charge in [-0.3, -0.25) is 4.79 Å². The van der Waals surface area contributed by atoms with Gasteiger partial charge in [-0.1, -0.05) is 12.8 Å². The van der Waals surface area contributed by atoms with Gasteiger partial charge in [0.2, 0.25) is 0 Å². The van der Waals surface area contributed by atoms with Crippen LogP contribution in [0, 0.1) is 17.8 Å². The number of methoxy groups -OCH3 is 1. The van der Waals surface area contributed by atoms with Crippen LogP contribution in [0.5, 0.6) is 0 Å². The van der Waals surface area contributed by atoms with E-state index in [-0.39, 0.29) is 11.9 Å². The largest absolute Gasteiger partial charge is 0.469 e.